The minimum Gasteiger partial charge on any atom is -0.493 e. The number of benzene rings is 1. The van der Waals surface area contributed by atoms with Gasteiger partial charge in [-0.15, -0.1) is 0 Å². The van der Waals surface area contributed by atoms with E-state index in [1.807, 2.05) is 19.1 Å². The van der Waals surface area contributed by atoms with Gasteiger partial charge in [-0.1, -0.05) is 18.5 Å². The average Bonchev–Trinajstić information content (AvgIpc) is 3.27. The maximum absolute atomic E-state index is 10.0. The van der Waals surface area contributed by atoms with Crippen LogP contribution in [0.25, 0.3) is 0 Å². The van der Waals surface area contributed by atoms with Crippen molar-refractivity contribution in [3.63, 3.8) is 0 Å². The Hall–Kier alpha value is -0.970. The molecule has 1 aromatic rings. The largest absolute Gasteiger partial charge is 0.493 e. The second-order valence-electron chi connectivity index (χ2n) is 5.90. The predicted octanol–water partition coefficient (Wildman–Crippen LogP) is 3.14. The lowest BCUT2D eigenvalue weighted by molar-refractivity contribution is 0.00779. The Kier molecular flexibility index (Phi) is 5.36. The number of aliphatic hydroxyl groups is 1. The summed E-state index contributed by atoms with van der Waals surface area (Å²) in [5, 5.41) is 14.0. The van der Waals surface area contributed by atoms with Crippen LogP contribution in [-0.2, 0) is 6.54 Å². The lowest BCUT2D eigenvalue weighted by Crippen LogP contribution is -2.31. The van der Waals surface area contributed by atoms with Crippen LogP contribution >= 0.6 is 11.6 Å². The molecule has 1 fully saturated rings. The molecular weight excluding hydrogens is 290 g/mol. The molecule has 1 aliphatic carbocycles. The SMILES string of the molecule is CCC(C)(O)COc1c(Cl)cc(CNC2CC2)cc1OC. The minimum absolute atomic E-state index is 0.180. The summed E-state index contributed by atoms with van der Waals surface area (Å²) < 4.78 is 11.0. The molecule has 1 saturated carbocycles. The Morgan fingerprint density at radius 3 is 2.71 bits per heavy atom. The summed E-state index contributed by atoms with van der Waals surface area (Å²) in [7, 11) is 1.59. The van der Waals surface area contributed by atoms with Crippen LogP contribution in [0.4, 0.5) is 0 Å². The summed E-state index contributed by atoms with van der Waals surface area (Å²) in [6, 6.07) is 4.46. The molecule has 0 radical (unpaired) electrons. The summed E-state index contributed by atoms with van der Waals surface area (Å²) in [5.74, 6) is 1.09. The zero-order chi connectivity index (χ0) is 15.5. The Morgan fingerprint density at radius 1 is 1.43 bits per heavy atom. The van der Waals surface area contributed by atoms with Gasteiger partial charge in [-0.25, -0.2) is 0 Å². The first-order chi connectivity index (χ1) is 9.95. The van der Waals surface area contributed by atoms with Crippen LogP contribution in [0, 0.1) is 0 Å². The molecule has 0 aromatic heterocycles. The van der Waals surface area contributed by atoms with E-state index in [2.05, 4.69) is 5.32 Å². The highest BCUT2D eigenvalue weighted by atomic mass is 35.5. The van der Waals surface area contributed by atoms with Gasteiger partial charge in [0.1, 0.15) is 6.61 Å². The van der Waals surface area contributed by atoms with E-state index < -0.39 is 5.60 Å². The van der Waals surface area contributed by atoms with Crippen molar-refractivity contribution in [2.45, 2.75) is 51.3 Å². The third-order valence-electron chi connectivity index (χ3n) is 3.75. The molecule has 0 saturated heterocycles. The van der Waals surface area contributed by atoms with E-state index in [1.54, 1.807) is 14.0 Å². The monoisotopic (exact) mass is 313 g/mol. The maximum atomic E-state index is 10.0. The van der Waals surface area contributed by atoms with Gasteiger partial charge in [0, 0.05) is 12.6 Å². The van der Waals surface area contributed by atoms with E-state index >= 15 is 0 Å². The van der Waals surface area contributed by atoms with Gasteiger partial charge in [0.25, 0.3) is 0 Å². The van der Waals surface area contributed by atoms with Crippen molar-refractivity contribution in [2.24, 2.45) is 0 Å². The summed E-state index contributed by atoms with van der Waals surface area (Å²) >= 11 is 6.30. The Bertz CT molecular complexity index is 487. The van der Waals surface area contributed by atoms with E-state index in [0.29, 0.717) is 29.0 Å². The average molecular weight is 314 g/mol. The molecule has 0 amide bonds. The van der Waals surface area contributed by atoms with Gasteiger partial charge in [0.15, 0.2) is 11.5 Å². The molecule has 118 valence electrons. The highest BCUT2D eigenvalue weighted by Gasteiger charge is 2.22. The quantitative estimate of drug-likeness (QED) is 0.774. The molecule has 1 atom stereocenters. The smallest absolute Gasteiger partial charge is 0.179 e. The molecular formula is C16H24ClNO3. The van der Waals surface area contributed by atoms with Gasteiger partial charge < -0.3 is 19.9 Å². The molecule has 0 aliphatic heterocycles. The van der Waals surface area contributed by atoms with Crippen molar-refractivity contribution in [3.8, 4) is 11.5 Å². The second-order valence-corrected chi connectivity index (χ2v) is 6.31. The van der Waals surface area contributed by atoms with Gasteiger partial charge in [0.2, 0.25) is 0 Å². The van der Waals surface area contributed by atoms with Gasteiger partial charge in [-0.2, -0.15) is 0 Å². The van der Waals surface area contributed by atoms with Crippen molar-refractivity contribution in [1.82, 2.24) is 5.32 Å². The van der Waals surface area contributed by atoms with Crippen LogP contribution < -0.4 is 14.8 Å². The topological polar surface area (TPSA) is 50.7 Å². The number of methoxy groups -OCH3 is 1. The molecule has 0 heterocycles. The normalized spacial score (nSPS) is 17.4. The molecule has 1 aliphatic rings. The number of hydrogen-bond acceptors (Lipinski definition) is 4. The molecule has 5 heteroatoms. The third kappa shape index (κ3) is 4.77. The van der Waals surface area contributed by atoms with Gasteiger partial charge >= 0.3 is 0 Å². The second kappa shape index (κ2) is 6.86. The summed E-state index contributed by atoms with van der Waals surface area (Å²) in [4.78, 5) is 0. The highest BCUT2D eigenvalue weighted by molar-refractivity contribution is 6.32. The molecule has 1 unspecified atom stereocenters. The summed E-state index contributed by atoms with van der Waals surface area (Å²) in [5.41, 5.74) is 0.193. The Balaban J connectivity index is 2.08. The zero-order valence-electron chi connectivity index (χ0n) is 12.9. The Morgan fingerprint density at radius 2 is 2.14 bits per heavy atom. The summed E-state index contributed by atoms with van der Waals surface area (Å²) in [6.07, 6.45) is 3.10. The molecule has 4 nitrogen and oxygen atoms in total. The van der Waals surface area contributed by atoms with Crippen LogP contribution in [0.1, 0.15) is 38.7 Å². The van der Waals surface area contributed by atoms with Crippen LogP contribution in [0.3, 0.4) is 0 Å². The summed E-state index contributed by atoms with van der Waals surface area (Å²) in [6.45, 7) is 4.60. The standard InChI is InChI=1S/C16H24ClNO3/c1-4-16(2,19)10-21-15-13(17)7-11(8-14(15)20-3)9-18-12-5-6-12/h7-8,12,18-19H,4-6,9-10H2,1-3H3. The van der Waals surface area contributed by atoms with E-state index in [-0.39, 0.29) is 6.61 Å². The third-order valence-corrected chi connectivity index (χ3v) is 4.03. The lowest BCUT2D eigenvalue weighted by atomic mass is 10.1. The Labute approximate surface area is 131 Å². The van der Waals surface area contributed by atoms with Crippen molar-refractivity contribution in [2.75, 3.05) is 13.7 Å². The zero-order valence-corrected chi connectivity index (χ0v) is 13.7. The van der Waals surface area contributed by atoms with Crippen LogP contribution in [-0.4, -0.2) is 30.5 Å². The maximum Gasteiger partial charge on any atom is 0.179 e. The van der Waals surface area contributed by atoms with E-state index in [4.69, 9.17) is 21.1 Å². The van der Waals surface area contributed by atoms with Crippen molar-refractivity contribution in [3.05, 3.63) is 22.7 Å². The van der Waals surface area contributed by atoms with Crippen LogP contribution in [0.5, 0.6) is 11.5 Å². The number of halogens is 1. The molecule has 0 spiro atoms. The molecule has 2 rings (SSSR count). The molecule has 1 aromatic carbocycles. The number of hydrogen-bond donors (Lipinski definition) is 2. The van der Waals surface area contributed by atoms with Crippen molar-refractivity contribution < 1.29 is 14.6 Å². The predicted molar refractivity (Wildman–Crippen MR) is 84.3 cm³/mol. The number of rotatable bonds is 8. The number of ether oxygens (including phenoxy) is 2. The van der Waals surface area contributed by atoms with Crippen molar-refractivity contribution in [1.29, 1.82) is 0 Å². The molecule has 0 bridgehead atoms. The van der Waals surface area contributed by atoms with E-state index in [9.17, 15) is 5.11 Å². The van der Waals surface area contributed by atoms with Crippen LogP contribution in [0.15, 0.2) is 12.1 Å². The lowest BCUT2D eigenvalue weighted by Gasteiger charge is -2.23. The number of nitrogens with one attached hydrogen (secondary N) is 1. The first-order valence-corrected chi connectivity index (χ1v) is 7.78. The fraction of sp³-hybridized carbons (Fsp3) is 0.625. The first kappa shape index (κ1) is 16.4. The van der Waals surface area contributed by atoms with Gasteiger partial charge in [0.05, 0.1) is 17.7 Å². The molecule has 2 N–H and O–H groups in total. The minimum atomic E-state index is -0.874. The van der Waals surface area contributed by atoms with E-state index in [0.717, 1.165) is 12.1 Å². The molecule has 21 heavy (non-hydrogen) atoms. The highest BCUT2D eigenvalue weighted by Crippen LogP contribution is 2.37. The fourth-order valence-electron chi connectivity index (χ4n) is 1.89. The van der Waals surface area contributed by atoms with E-state index in [1.165, 1.54) is 12.8 Å². The van der Waals surface area contributed by atoms with Crippen molar-refractivity contribution >= 4 is 11.6 Å². The fourth-order valence-corrected chi connectivity index (χ4v) is 2.18. The van der Waals surface area contributed by atoms with Gasteiger partial charge in [-0.05, 0) is 43.9 Å². The first-order valence-electron chi connectivity index (χ1n) is 7.40. The van der Waals surface area contributed by atoms with Crippen LogP contribution in [0.2, 0.25) is 5.02 Å². The van der Waals surface area contributed by atoms with Gasteiger partial charge in [-0.3, -0.25) is 0 Å².